The lowest BCUT2D eigenvalue weighted by atomic mass is 9.93. The van der Waals surface area contributed by atoms with Crippen molar-refractivity contribution in [3.63, 3.8) is 0 Å². The Morgan fingerprint density at radius 3 is 2.77 bits per heavy atom. The van der Waals surface area contributed by atoms with Crippen LogP contribution in [0.4, 0.5) is 4.39 Å². The Kier molecular flexibility index (Phi) is 4.37. The van der Waals surface area contributed by atoms with Crippen LogP contribution in [-0.4, -0.2) is 19.1 Å². The van der Waals surface area contributed by atoms with Crippen LogP contribution in [0.2, 0.25) is 0 Å². The second-order valence-corrected chi connectivity index (χ2v) is 5.48. The van der Waals surface area contributed by atoms with Gasteiger partial charge in [-0.15, -0.1) is 0 Å². The molecule has 1 N–H and O–H groups in total. The first kappa shape index (κ1) is 14.6. The summed E-state index contributed by atoms with van der Waals surface area (Å²) >= 11 is 0. The summed E-state index contributed by atoms with van der Waals surface area (Å²) in [5.74, 6) is 0.854. The minimum absolute atomic E-state index is 0.0458. The van der Waals surface area contributed by atoms with Crippen molar-refractivity contribution >= 4 is 5.91 Å². The number of rotatable bonds is 4. The number of hydrogen-bond acceptors (Lipinski definition) is 2. The highest BCUT2D eigenvalue weighted by atomic mass is 19.1. The summed E-state index contributed by atoms with van der Waals surface area (Å²) in [5.41, 5.74) is 1.96. The molecule has 1 unspecified atom stereocenters. The molecular formula is C18H18FNO2. The maximum Gasteiger partial charge on any atom is 0.224 e. The molecule has 0 radical (unpaired) electrons. The van der Waals surface area contributed by atoms with Crippen molar-refractivity contribution in [3.8, 4) is 5.75 Å². The van der Waals surface area contributed by atoms with E-state index < -0.39 is 0 Å². The molecule has 2 aromatic carbocycles. The number of benzene rings is 2. The van der Waals surface area contributed by atoms with Crippen LogP contribution in [0.25, 0.3) is 0 Å². The molecule has 3 nitrogen and oxygen atoms in total. The molecule has 0 aromatic heterocycles. The van der Waals surface area contributed by atoms with Gasteiger partial charge in [0.1, 0.15) is 11.6 Å². The van der Waals surface area contributed by atoms with E-state index >= 15 is 0 Å². The SMILES string of the molecule is O=C(Cc1ccc(F)cc1)NCC1CCOc2ccccc21. The van der Waals surface area contributed by atoms with E-state index in [4.69, 9.17) is 4.74 Å². The van der Waals surface area contributed by atoms with Gasteiger partial charge in [-0.1, -0.05) is 30.3 Å². The lowest BCUT2D eigenvalue weighted by molar-refractivity contribution is -0.120. The van der Waals surface area contributed by atoms with Gasteiger partial charge in [-0.25, -0.2) is 4.39 Å². The minimum atomic E-state index is -0.289. The number of carbonyl (C=O) groups excluding carboxylic acids is 1. The van der Waals surface area contributed by atoms with Crippen LogP contribution in [0, 0.1) is 5.82 Å². The number of carbonyl (C=O) groups is 1. The van der Waals surface area contributed by atoms with Crippen molar-refractivity contribution in [2.75, 3.05) is 13.2 Å². The van der Waals surface area contributed by atoms with Gasteiger partial charge in [0.05, 0.1) is 13.0 Å². The zero-order chi connectivity index (χ0) is 15.4. The Hall–Kier alpha value is -2.36. The van der Waals surface area contributed by atoms with Crippen molar-refractivity contribution in [1.29, 1.82) is 0 Å². The molecule has 0 saturated carbocycles. The van der Waals surface area contributed by atoms with Crippen LogP contribution in [0.1, 0.15) is 23.5 Å². The molecule has 0 aliphatic carbocycles. The van der Waals surface area contributed by atoms with E-state index in [1.165, 1.54) is 12.1 Å². The van der Waals surface area contributed by atoms with Crippen LogP contribution < -0.4 is 10.1 Å². The Bertz CT molecular complexity index is 654. The summed E-state index contributed by atoms with van der Waals surface area (Å²) in [5, 5.41) is 2.97. The molecular weight excluding hydrogens is 281 g/mol. The Morgan fingerprint density at radius 2 is 1.95 bits per heavy atom. The molecule has 2 aromatic rings. The number of halogens is 1. The van der Waals surface area contributed by atoms with E-state index in [1.807, 2.05) is 24.3 Å². The van der Waals surface area contributed by atoms with Gasteiger partial charge in [0.25, 0.3) is 0 Å². The first-order chi connectivity index (χ1) is 10.7. The Balaban J connectivity index is 1.56. The van der Waals surface area contributed by atoms with Crippen molar-refractivity contribution in [1.82, 2.24) is 5.32 Å². The first-order valence-electron chi connectivity index (χ1n) is 7.45. The molecule has 1 aliphatic heterocycles. The van der Waals surface area contributed by atoms with Crippen molar-refractivity contribution in [2.24, 2.45) is 0 Å². The average Bonchev–Trinajstić information content (AvgIpc) is 2.55. The van der Waals surface area contributed by atoms with E-state index in [0.717, 1.165) is 23.3 Å². The highest BCUT2D eigenvalue weighted by molar-refractivity contribution is 5.78. The van der Waals surface area contributed by atoms with Crippen molar-refractivity contribution < 1.29 is 13.9 Å². The quantitative estimate of drug-likeness (QED) is 0.942. The van der Waals surface area contributed by atoms with E-state index in [2.05, 4.69) is 5.32 Å². The summed E-state index contributed by atoms with van der Waals surface area (Å²) in [6.45, 7) is 1.27. The van der Waals surface area contributed by atoms with Gasteiger partial charge < -0.3 is 10.1 Å². The number of para-hydroxylation sites is 1. The molecule has 0 fully saturated rings. The summed E-state index contributed by atoms with van der Waals surface area (Å²) < 4.78 is 18.5. The molecule has 3 rings (SSSR count). The van der Waals surface area contributed by atoms with E-state index in [0.29, 0.717) is 13.2 Å². The van der Waals surface area contributed by atoms with Crippen LogP contribution in [0.5, 0.6) is 5.75 Å². The van der Waals surface area contributed by atoms with Gasteiger partial charge in [-0.3, -0.25) is 4.79 Å². The molecule has 114 valence electrons. The Labute approximate surface area is 129 Å². The second kappa shape index (κ2) is 6.60. The smallest absolute Gasteiger partial charge is 0.224 e. The third kappa shape index (κ3) is 3.45. The third-order valence-electron chi connectivity index (χ3n) is 3.91. The van der Waals surface area contributed by atoms with Crippen molar-refractivity contribution in [3.05, 3.63) is 65.5 Å². The molecule has 1 atom stereocenters. The molecule has 1 aliphatic rings. The zero-order valence-electron chi connectivity index (χ0n) is 12.2. The number of ether oxygens (including phenoxy) is 1. The topological polar surface area (TPSA) is 38.3 Å². The lowest BCUT2D eigenvalue weighted by Gasteiger charge is -2.26. The molecule has 0 spiro atoms. The summed E-state index contributed by atoms with van der Waals surface area (Å²) in [6, 6.07) is 14.0. The van der Waals surface area contributed by atoms with Gasteiger partial charge in [0.2, 0.25) is 5.91 Å². The molecule has 22 heavy (non-hydrogen) atoms. The van der Waals surface area contributed by atoms with E-state index in [1.54, 1.807) is 12.1 Å². The van der Waals surface area contributed by atoms with Gasteiger partial charge in [-0.05, 0) is 35.7 Å². The van der Waals surface area contributed by atoms with Crippen LogP contribution in [0.15, 0.2) is 48.5 Å². The standard InChI is InChI=1S/C18H18FNO2/c19-15-7-5-13(6-8-15)11-18(21)20-12-14-9-10-22-17-4-2-1-3-16(14)17/h1-8,14H,9-12H2,(H,20,21). The van der Waals surface area contributed by atoms with Crippen molar-refractivity contribution in [2.45, 2.75) is 18.8 Å². The fraction of sp³-hybridized carbons (Fsp3) is 0.278. The monoisotopic (exact) mass is 299 g/mol. The van der Waals surface area contributed by atoms with Gasteiger partial charge in [0.15, 0.2) is 0 Å². The van der Waals surface area contributed by atoms with Crippen LogP contribution in [0.3, 0.4) is 0 Å². The minimum Gasteiger partial charge on any atom is -0.493 e. The fourth-order valence-electron chi connectivity index (χ4n) is 2.72. The Morgan fingerprint density at radius 1 is 1.18 bits per heavy atom. The maximum atomic E-state index is 12.8. The lowest BCUT2D eigenvalue weighted by Crippen LogP contribution is -2.31. The largest absolute Gasteiger partial charge is 0.493 e. The highest BCUT2D eigenvalue weighted by Crippen LogP contribution is 2.32. The number of fused-ring (bicyclic) bond motifs is 1. The predicted molar refractivity (Wildman–Crippen MR) is 82.4 cm³/mol. The van der Waals surface area contributed by atoms with Gasteiger partial charge in [-0.2, -0.15) is 0 Å². The zero-order valence-corrected chi connectivity index (χ0v) is 12.2. The number of nitrogens with one attached hydrogen (secondary N) is 1. The highest BCUT2D eigenvalue weighted by Gasteiger charge is 2.21. The third-order valence-corrected chi connectivity index (χ3v) is 3.91. The molecule has 1 amide bonds. The van der Waals surface area contributed by atoms with Crippen LogP contribution in [-0.2, 0) is 11.2 Å². The molecule has 1 heterocycles. The summed E-state index contributed by atoms with van der Waals surface area (Å²) in [4.78, 5) is 12.0. The molecule has 0 bridgehead atoms. The second-order valence-electron chi connectivity index (χ2n) is 5.48. The van der Waals surface area contributed by atoms with Gasteiger partial charge in [0, 0.05) is 12.5 Å². The van der Waals surface area contributed by atoms with E-state index in [9.17, 15) is 9.18 Å². The molecule has 0 saturated heterocycles. The molecule has 4 heteroatoms. The average molecular weight is 299 g/mol. The summed E-state index contributed by atoms with van der Waals surface area (Å²) in [6.07, 6.45) is 1.17. The predicted octanol–water partition coefficient (Wildman–Crippen LogP) is 3.05. The number of amides is 1. The number of hydrogen-bond donors (Lipinski definition) is 1. The summed E-state index contributed by atoms with van der Waals surface area (Å²) in [7, 11) is 0. The maximum absolute atomic E-state index is 12.8. The van der Waals surface area contributed by atoms with Crippen LogP contribution >= 0.6 is 0 Å². The fourth-order valence-corrected chi connectivity index (χ4v) is 2.72. The van der Waals surface area contributed by atoms with Gasteiger partial charge >= 0.3 is 0 Å². The first-order valence-corrected chi connectivity index (χ1v) is 7.45. The normalized spacial score (nSPS) is 16.5. The van der Waals surface area contributed by atoms with E-state index in [-0.39, 0.29) is 24.1 Å².